The molecule has 1 saturated carbocycles. The Kier molecular flexibility index (Phi) is 1.50. The Morgan fingerprint density at radius 3 is 2.40 bits per heavy atom. The first-order chi connectivity index (χ1) is 4.68. The normalized spacial score (nSPS) is 20.3. The Bertz CT molecular complexity index is 190. The summed E-state index contributed by atoms with van der Waals surface area (Å²) < 4.78 is 0. The van der Waals surface area contributed by atoms with Crippen LogP contribution >= 0.6 is 0 Å². The summed E-state index contributed by atoms with van der Waals surface area (Å²) in [6, 6.07) is 1.95. The molecule has 54 valence electrons. The Labute approximate surface area is 58.5 Å². The van der Waals surface area contributed by atoms with Crippen LogP contribution in [0, 0.1) is 11.3 Å². The average molecular weight is 140 g/mol. The summed E-state index contributed by atoms with van der Waals surface area (Å²) in [5, 5.41) is 19.0. The Hall–Kier alpha value is -1.24. The van der Waals surface area contributed by atoms with Crippen LogP contribution in [0.25, 0.3) is 0 Å². The van der Waals surface area contributed by atoms with Crippen LogP contribution in [0.1, 0.15) is 19.3 Å². The number of amides is 1. The number of hydrogen-bond donors (Lipinski definition) is 2. The molecule has 0 bridgehead atoms. The van der Waals surface area contributed by atoms with Crippen molar-refractivity contribution in [3.05, 3.63) is 0 Å². The lowest BCUT2D eigenvalue weighted by Gasteiger charge is -2.34. The van der Waals surface area contributed by atoms with Gasteiger partial charge in [0.05, 0.1) is 6.07 Å². The number of nitrogens with zero attached hydrogens (tertiary/aromatic N) is 1. The number of hydrogen-bond acceptors (Lipinski definition) is 2. The average Bonchev–Trinajstić information content (AvgIpc) is 1.78. The molecule has 0 saturated heterocycles. The first-order valence-electron chi connectivity index (χ1n) is 3.11. The Balaban J connectivity index is 2.51. The van der Waals surface area contributed by atoms with Crippen molar-refractivity contribution in [2.75, 3.05) is 0 Å². The molecule has 1 rings (SSSR count). The predicted octanol–water partition coefficient (Wildman–Crippen LogP) is 0.700. The minimum absolute atomic E-state index is 0.649. The zero-order chi connectivity index (χ0) is 7.61. The number of carboxylic acid groups (broad SMARTS) is 1. The fourth-order valence-corrected chi connectivity index (χ4v) is 1.000. The molecule has 0 atom stereocenters. The van der Waals surface area contributed by atoms with E-state index in [2.05, 4.69) is 5.32 Å². The zero-order valence-corrected chi connectivity index (χ0v) is 5.42. The molecule has 1 aliphatic carbocycles. The van der Waals surface area contributed by atoms with Crippen molar-refractivity contribution in [2.24, 2.45) is 0 Å². The van der Waals surface area contributed by atoms with E-state index in [-0.39, 0.29) is 0 Å². The van der Waals surface area contributed by atoms with E-state index in [0.717, 1.165) is 6.42 Å². The fraction of sp³-hybridized carbons (Fsp3) is 0.667. The number of carbonyl (C=O) groups is 1. The molecule has 4 nitrogen and oxygen atoms in total. The molecule has 0 radical (unpaired) electrons. The molecule has 4 heteroatoms. The summed E-state index contributed by atoms with van der Waals surface area (Å²) >= 11 is 0. The van der Waals surface area contributed by atoms with Gasteiger partial charge in [-0.1, -0.05) is 0 Å². The van der Waals surface area contributed by atoms with Crippen molar-refractivity contribution < 1.29 is 9.90 Å². The maximum absolute atomic E-state index is 10.1. The topological polar surface area (TPSA) is 73.1 Å². The van der Waals surface area contributed by atoms with Gasteiger partial charge in [-0.3, -0.25) is 0 Å². The molecule has 0 aromatic heterocycles. The van der Waals surface area contributed by atoms with Crippen LogP contribution in [0.2, 0.25) is 0 Å². The number of nitriles is 1. The molecule has 1 aliphatic rings. The van der Waals surface area contributed by atoms with Gasteiger partial charge in [-0.2, -0.15) is 5.26 Å². The highest BCUT2D eigenvalue weighted by atomic mass is 16.4. The summed E-state index contributed by atoms with van der Waals surface area (Å²) in [6.07, 6.45) is 1.13. The minimum Gasteiger partial charge on any atom is -0.465 e. The van der Waals surface area contributed by atoms with Gasteiger partial charge in [0.25, 0.3) is 0 Å². The second kappa shape index (κ2) is 2.18. The molecule has 0 aliphatic heterocycles. The molecule has 0 spiro atoms. The molecule has 1 amide bonds. The summed E-state index contributed by atoms with van der Waals surface area (Å²) in [4.78, 5) is 10.1. The molecule has 0 aromatic rings. The van der Waals surface area contributed by atoms with Gasteiger partial charge in [0, 0.05) is 0 Å². The third kappa shape index (κ3) is 1.03. The molecule has 2 N–H and O–H groups in total. The van der Waals surface area contributed by atoms with E-state index >= 15 is 0 Å². The van der Waals surface area contributed by atoms with Crippen LogP contribution in [0.4, 0.5) is 4.79 Å². The number of nitrogens with one attached hydrogen (secondary N) is 1. The van der Waals surface area contributed by atoms with Gasteiger partial charge in [0.15, 0.2) is 0 Å². The second-order valence-corrected chi connectivity index (χ2v) is 2.48. The van der Waals surface area contributed by atoms with Crippen LogP contribution in [-0.4, -0.2) is 16.7 Å². The van der Waals surface area contributed by atoms with Gasteiger partial charge in [0.1, 0.15) is 5.54 Å². The monoisotopic (exact) mass is 140 g/mol. The standard InChI is InChI=1S/C6H8N2O2/c7-4-6(2-1-3-6)8-5(9)10/h8H,1-3H2,(H,9,10). The van der Waals surface area contributed by atoms with Crippen molar-refractivity contribution in [2.45, 2.75) is 24.8 Å². The van der Waals surface area contributed by atoms with Crippen molar-refractivity contribution in [1.82, 2.24) is 5.32 Å². The largest absolute Gasteiger partial charge is 0.465 e. The maximum Gasteiger partial charge on any atom is 0.405 e. The summed E-state index contributed by atoms with van der Waals surface area (Å²) in [5.74, 6) is 0. The van der Waals surface area contributed by atoms with Crippen molar-refractivity contribution >= 4 is 6.09 Å². The van der Waals surface area contributed by atoms with E-state index in [0.29, 0.717) is 12.8 Å². The van der Waals surface area contributed by atoms with Gasteiger partial charge in [-0.05, 0) is 19.3 Å². The highest BCUT2D eigenvalue weighted by Gasteiger charge is 2.38. The predicted molar refractivity (Wildman–Crippen MR) is 33.4 cm³/mol. The van der Waals surface area contributed by atoms with Crippen molar-refractivity contribution in [1.29, 1.82) is 5.26 Å². The molecule has 1 fully saturated rings. The lowest BCUT2D eigenvalue weighted by atomic mass is 9.78. The highest BCUT2D eigenvalue weighted by Crippen LogP contribution is 2.30. The van der Waals surface area contributed by atoms with Gasteiger partial charge < -0.3 is 10.4 Å². The van der Waals surface area contributed by atoms with Gasteiger partial charge in [0.2, 0.25) is 0 Å². The van der Waals surface area contributed by atoms with Gasteiger partial charge >= 0.3 is 6.09 Å². The smallest absolute Gasteiger partial charge is 0.405 e. The van der Waals surface area contributed by atoms with Crippen molar-refractivity contribution in [3.8, 4) is 6.07 Å². The van der Waals surface area contributed by atoms with Gasteiger partial charge in [-0.15, -0.1) is 0 Å². The third-order valence-corrected chi connectivity index (χ3v) is 1.77. The molecule has 0 unspecified atom stereocenters. The summed E-state index contributed by atoms with van der Waals surface area (Å²) in [5.41, 5.74) is -0.758. The van der Waals surface area contributed by atoms with Crippen molar-refractivity contribution in [3.63, 3.8) is 0 Å². The van der Waals surface area contributed by atoms with E-state index in [4.69, 9.17) is 10.4 Å². The minimum atomic E-state index is -1.11. The summed E-state index contributed by atoms with van der Waals surface area (Å²) in [6.45, 7) is 0. The second-order valence-electron chi connectivity index (χ2n) is 2.48. The maximum atomic E-state index is 10.1. The van der Waals surface area contributed by atoms with E-state index < -0.39 is 11.6 Å². The molecular weight excluding hydrogens is 132 g/mol. The first-order valence-corrected chi connectivity index (χ1v) is 3.11. The van der Waals surface area contributed by atoms with Crippen LogP contribution in [0.5, 0.6) is 0 Å². The zero-order valence-electron chi connectivity index (χ0n) is 5.42. The van der Waals surface area contributed by atoms with Crippen LogP contribution in [0.15, 0.2) is 0 Å². The van der Waals surface area contributed by atoms with Gasteiger partial charge in [-0.25, -0.2) is 4.79 Å². The molecule has 0 heterocycles. The first kappa shape index (κ1) is 6.87. The van der Waals surface area contributed by atoms with Crippen LogP contribution in [-0.2, 0) is 0 Å². The van der Waals surface area contributed by atoms with Crippen LogP contribution in [0.3, 0.4) is 0 Å². The Morgan fingerprint density at radius 1 is 1.70 bits per heavy atom. The molecule has 0 aromatic carbocycles. The van der Waals surface area contributed by atoms with Crippen LogP contribution < -0.4 is 5.32 Å². The Morgan fingerprint density at radius 2 is 2.30 bits per heavy atom. The van der Waals surface area contributed by atoms with E-state index in [1.54, 1.807) is 0 Å². The SMILES string of the molecule is N#CC1(NC(=O)O)CCC1. The van der Waals surface area contributed by atoms with E-state index in [1.807, 2.05) is 6.07 Å². The quantitative estimate of drug-likeness (QED) is 0.563. The highest BCUT2D eigenvalue weighted by molar-refractivity contribution is 5.66. The molecular formula is C6H8N2O2. The lowest BCUT2D eigenvalue weighted by molar-refractivity contribution is 0.168. The fourth-order valence-electron chi connectivity index (χ4n) is 1.000. The number of rotatable bonds is 1. The third-order valence-electron chi connectivity index (χ3n) is 1.77. The van der Waals surface area contributed by atoms with E-state index in [9.17, 15) is 4.79 Å². The van der Waals surface area contributed by atoms with E-state index in [1.165, 1.54) is 0 Å². The summed E-state index contributed by atoms with van der Waals surface area (Å²) in [7, 11) is 0. The molecule has 10 heavy (non-hydrogen) atoms. The lowest BCUT2D eigenvalue weighted by Crippen LogP contribution is -2.51.